The number of nitrogens with zero attached hydrogens (tertiary/aromatic N) is 5. The number of anilines is 1. The Bertz CT molecular complexity index is 1160. The lowest BCUT2D eigenvalue weighted by Crippen LogP contribution is -2.30. The quantitative estimate of drug-likeness (QED) is 0.471. The normalized spacial score (nSPS) is 11.3. The fourth-order valence-corrected chi connectivity index (χ4v) is 2.80. The number of carbonyl (C=O) groups excluding carboxylic acids is 1. The van der Waals surface area contributed by atoms with E-state index in [0.29, 0.717) is 16.9 Å². The van der Waals surface area contributed by atoms with E-state index in [9.17, 15) is 18.0 Å². The number of benzene rings is 1. The van der Waals surface area contributed by atoms with Gasteiger partial charge in [0.2, 0.25) is 5.89 Å². The minimum Gasteiger partial charge on any atom is -0.413 e. The summed E-state index contributed by atoms with van der Waals surface area (Å²) >= 11 is 0. The fraction of sp³-hybridized carbons (Fsp3) is 0.0952. The molecular formula is C21H14F3N5O2. The third-order valence-electron chi connectivity index (χ3n) is 4.30. The van der Waals surface area contributed by atoms with E-state index in [-0.39, 0.29) is 23.9 Å². The van der Waals surface area contributed by atoms with Gasteiger partial charge in [0, 0.05) is 29.8 Å². The number of para-hydroxylation sites is 1. The van der Waals surface area contributed by atoms with Crippen molar-refractivity contribution in [2.45, 2.75) is 12.7 Å². The van der Waals surface area contributed by atoms with Gasteiger partial charge in [-0.05, 0) is 36.4 Å². The first-order chi connectivity index (χ1) is 14.9. The Morgan fingerprint density at radius 2 is 1.71 bits per heavy atom. The summed E-state index contributed by atoms with van der Waals surface area (Å²) in [5.74, 6) is -1.96. The van der Waals surface area contributed by atoms with Crippen LogP contribution in [0.15, 0.2) is 77.6 Å². The maximum Gasteiger partial charge on any atom is 0.470 e. The molecule has 10 heteroatoms. The van der Waals surface area contributed by atoms with Crippen LogP contribution in [-0.4, -0.2) is 26.1 Å². The molecule has 0 saturated carbocycles. The van der Waals surface area contributed by atoms with Crippen LogP contribution in [0.1, 0.15) is 21.9 Å². The second kappa shape index (κ2) is 8.34. The summed E-state index contributed by atoms with van der Waals surface area (Å²) in [6, 6.07) is 15.4. The monoisotopic (exact) mass is 425 g/mol. The van der Waals surface area contributed by atoms with E-state index in [2.05, 4.69) is 24.6 Å². The molecule has 4 rings (SSSR count). The number of aromatic nitrogens is 4. The molecule has 3 aromatic heterocycles. The van der Waals surface area contributed by atoms with Crippen molar-refractivity contribution in [3.63, 3.8) is 0 Å². The number of hydrogen-bond acceptors (Lipinski definition) is 6. The first-order valence-electron chi connectivity index (χ1n) is 9.05. The van der Waals surface area contributed by atoms with E-state index in [1.54, 1.807) is 35.2 Å². The zero-order valence-corrected chi connectivity index (χ0v) is 15.8. The number of amides is 1. The average molecular weight is 425 g/mol. The zero-order valence-electron chi connectivity index (χ0n) is 15.8. The van der Waals surface area contributed by atoms with E-state index in [1.165, 1.54) is 24.7 Å². The predicted molar refractivity (Wildman–Crippen MR) is 104 cm³/mol. The largest absolute Gasteiger partial charge is 0.470 e. The van der Waals surface area contributed by atoms with Gasteiger partial charge in [0.1, 0.15) is 0 Å². The highest BCUT2D eigenvalue weighted by Crippen LogP contribution is 2.30. The summed E-state index contributed by atoms with van der Waals surface area (Å²) in [6.07, 6.45) is -0.336. The number of rotatable bonds is 5. The Balaban J connectivity index is 1.59. The van der Waals surface area contributed by atoms with Crippen LogP contribution in [0.2, 0.25) is 0 Å². The number of halogens is 3. The van der Waals surface area contributed by atoms with Crippen LogP contribution in [0.5, 0.6) is 0 Å². The molecule has 0 unspecified atom stereocenters. The van der Waals surface area contributed by atoms with Gasteiger partial charge in [0.15, 0.2) is 0 Å². The lowest BCUT2D eigenvalue weighted by atomic mass is 10.2. The van der Waals surface area contributed by atoms with Crippen molar-refractivity contribution in [2.24, 2.45) is 0 Å². The van der Waals surface area contributed by atoms with E-state index in [4.69, 9.17) is 0 Å². The predicted octanol–water partition coefficient (Wildman–Crippen LogP) is 4.39. The van der Waals surface area contributed by atoms with Gasteiger partial charge in [-0.3, -0.25) is 14.8 Å². The second-order valence-electron chi connectivity index (χ2n) is 6.41. The third-order valence-corrected chi connectivity index (χ3v) is 4.30. The number of hydrogen-bond donors (Lipinski definition) is 0. The molecule has 0 fully saturated rings. The molecule has 156 valence electrons. The molecular weight excluding hydrogens is 411 g/mol. The molecule has 7 nitrogen and oxygen atoms in total. The van der Waals surface area contributed by atoms with Crippen molar-refractivity contribution in [2.75, 3.05) is 4.90 Å². The number of pyridine rings is 2. The molecule has 31 heavy (non-hydrogen) atoms. The van der Waals surface area contributed by atoms with Gasteiger partial charge >= 0.3 is 12.1 Å². The molecule has 0 N–H and O–H groups in total. The Morgan fingerprint density at radius 3 is 2.32 bits per heavy atom. The van der Waals surface area contributed by atoms with Crippen LogP contribution in [0.3, 0.4) is 0 Å². The van der Waals surface area contributed by atoms with Gasteiger partial charge in [0.05, 0.1) is 17.8 Å². The third kappa shape index (κ3) is 4.58. The first-order valence-corrected chi connectivity index (χ1v) is 9.05. The molecule has 0 saturated heterocycles. The number of carbonyl (C=O) groups is 1. The van der Waals surface area contributed by atoms with Crippen LogP contribution >= 0.6 is 0 Å². The van der Waals surface area contributed by atoms with Crippen molar-refractivity contribution in [3.05, 3.63) is 90.3 Å². The SMILES string of the molecule is O=C(c1ccncc1)N(Cc1ccc(-c2nnc(C(F)(F)F)o2)cn1)c1ccccc1. The molecule has 0 aliphatic heterocycles. The van der Waals surface area contributed by atoms with E-state index in [1.807, 2.05) is 18.2 Å². The summed E-state index contributed by atoms with van der Waals surface area (Å²) in [6.45, 7) is 0.142. The molecule has 0 bridgehead atoms. The van der Waals surface area contributed by atoms with Crippen molar-refractivity contribution in [1.82, 2.24) is 20.2 Å². The topological polar surface area (TPSA) is 85.0 Å². The summed E-state index contributed by atoms with van der Waals surface area (Å²) in [4.78, 5) is 22.8. The maximum absolute atomic E-state index is 13.1. The summed E-state index contributed by atoms with van der Waals surface area (Å²) in [7, 11) is 0. The highest BCUT2D eigenvalue weighted by Gasteiger charge is 2.38. The zero-order chi connectivity index (χ0) is 21.8. The average Bonchev–Trinajstić information content (AvgIpc) is 3.30. The van der Waals surface area contributed by atoms with Crippen molar-refractivity contribution in [3.8, 4) is 11.5 Å². The minimum atomic E-state index is -4.72. The summed E-state index contributed by atoms with van der Waals surface area (Å²) < 4.78 is 42.6. The minimum absolute atomic E-state index is 0.142. The fourth-order valence-electron chi connectivity index (χ4n) is 2.80. The molecule has 1 aromatic carbocycles. The molecule has 1 amide bonds. The molecule has 3 heterocycles. The number of alkyl halides is 3. The molecule has 4 aromatic rings. The highest BCUT2D eigenvalue weighted by atomic mass is 19.4. The van der Waals surface area contributed by atoms with Gasteiger partial charge in [-0.25, -0.2) is 0 Å². The Kier molecular flexibility index (Phi) is 5.44. The molecule has 0 radical (unpaired) electrons. The maximum atomic E-state index is 13.1. The summed E-state index contributed by atoms with van der Waals surface area (Å²) in [5, 5.41) is 6.42. The van der Waals surface area contributed by atoms with Gasteiger partial charge < -0.3 is 9.32 Å². The van der Waals surface area contributed by atoms with Crippen molar-refractivity contribution < 1.29 is 22.4 Å². The lowest BCUT2D eigenvalue weighted by molar-refractivity contribution is -0.156. The van der Waals surface area contributed by atoms with Crippen LogP contribution in [-0.2, 0) is 12.7 Å². The lowest BCUT2D eigenvalue weighted by Gasteiger charge is -2.22. The Morgan fingerprint density at radius 1 is 0.968 bits per heavy atom. The van der Waals surface area contributed by atoms with Gasteiger partial charge in [-0.15, -0.1) is 10.2 Å². The molecule has 0 aliphatic carbocycles. The molecule has 0 aliphatic rings. The Labute approximate surface area is 174 Å². The van der Waals surface area contributed by atoms with E-state index >= 15 is 0 Å². The van der Waals surface area contributed by atoms with Gasteiger partial charge in [0.25, 0.3) is 5.91 Å². The van der Waals surface area contributed by atoms with Crippen molar-refractivity contribution >= 4 is 11.6 Å². The molecule has 0 atom stereocenters. The summed E-state index contributed by atoms with van der Waals surface area (Å²) in [5.41, 5.74) is 1.88. The van der Waals surface area contributed by atoms with Crippen LogP contribution < -0.4 is 4.90 Å². The van der Waals surface area contributed by atoms with Crippen LogP contribution in [0.25, 0.3) is 11.5 Å². The van der Waals surface area contributed by atoms with Gasteiger partial charge in [-0.2, -0.15) is 13.2 Å². The van der Waals surface area contributed by atoms with Crippen molar-refractivity contribution in [1.29, 1.82) is 0 Å². The molecule has 0 spiro atoms. The second-order valence-corrected chi connectivity index (χ2v) is 6.41. The van der Waals surface area contributed by atoms with E-state index in [0.717, 1.165) is 0 Å². The highest BCUT2D eigenvalue weighted by molar-refractivity contribution is 6.05. The Hall–Kier alpha value is -4.08. The van der Waals surface area contributed by atoms with Crippen LogP contribution in [0, 0.1) is 0 Å². The van der Waals surface area contributed by atoms with Gasteiger partial charge in [-0.1, -0.05) is 18.2 Å². The first kappa shape index (κ1) is 20.2. The van der Waals surface area contributed by atoms with E-state index < -0.39 is 12.1 Å². The van der Waals surface area contributed by atoms with Crippen LogP contribution in [0.4, 0.5) is 18.9 Å². The smallest absolute Gasteiger partial charge is 0.413 e. The standard InChI is InChI=1S/C21H14F3N5O2/c22-21(23,24)20-28-27-18(31-20)15-6-7-16(26-12-15)13-29(17-4-2-1-3-5-17)19(30)14-8-10-25-11-9-14/h1-12H,13H2.